The molecule has 3 aromatic rings. The number of rotatable bonds is 2. The molecule has 88 valence electrons. The lowest BCUT2D eigenvalue weighted by atomic mass is 10.3. The number of hydrogen-bond acceptors (Lipinski definition) is 4. The van der Waals surface area contributed by atoms with Crippen LogP contribution in [0.15, 0.2) is 36.7 Å². The molecule has 0 aliphatic carbocycles. The summed E-state index contributed by atoms with van der Waals surface area (Å²) in [5.74, 6) is 0.0632. The number of pyridine rings is 2. The molecule has 0 saturated carbocycles. The van der Waals surface area contributed by atoms with Crippen LogP contribution in [-0.2, 0) is 0 Å². The van der Waals surface area contributed by atoms with Crippen LogP contribution in [0.1, 0.15) is 10.5 Å². The lowest BCUT2D eigenvalue weighted by molar-refractivity contribution is 0.0996. The summed E-state index contributed by atoms with van der Waals surface area (Å²) in [6, 6.07) is 7.11. The number of primary amides is 1. The summed E-state index contributed by atoms with van der Waals surface area (Å²) < 4.78 is 0. The van der Waals surface area contributed by atoms with Gasteiger partial charge < -0.3 is 10.7 Å². The fraction of sp³-hybridized carbons (Fsp3) is 0. The van der Waals surface area contributed by atoms with E-state index in [4.69, 9.17) is 5.73 Å². The van der Waals surface area contributed by atoms with Gasteiger partial charge in [-0.05, 0) is 18.2 Å². The maximum absolute atomic E-state index is 11.0. The van der Waals surface area contributed by atoms with Crippen molar-refractivity contribution >= 4 is 16.9 Å². The second-order valence-corrected chi connectivity index (χ2v) is 3.75. The maximum atomic E-state index is 11.0. The van der Waals surface area contributed by atoms with Crippen molar-refractivity contribution in [1.82, 2.24) is 19.9 Å². The molecule has 0 aliphatic heterocycles. The number of carbonyl (C=O) groups is 1. The van der Waals surface area contributed by atoms with E-state index in [2.05, 4.69) is 19.9 Å². The Balaban J connectivity index is 2.14. The summed E-state index contributed by atoms with van der Waals surface area (Å²) in [4.78, 5) is 26.6. The van der Waals surface area contributed by atoms with Crippen LogP contribution in [0.4, 0.5) is 0 Å². The number of aromatic amines is 1. The first-order valence-corrected chi connectivity index (χ1v) is 5.31. The fourth-order valence-electron chi connectivity index (χ4n) is 1.67. The SMILES string of the molecule is NC(=O)c1cc2nc(-c3ccccn3)[nH]c2cn1. The van der Waals surface area contributed by atoms with Gasteiger partial charge in [-0.1, -0.05) is 6.07 Å². The highest BCUT2D eigenvalue weighted by atomic mass is 16.1. The summed E-state index contributed by atoms with van der Waals surface area (Å²) in [6.07, 6.45) is 3.23. The number of hydrogen-bond donors (Lipinski definition) is 2. The molecule has 6 heteroatoms. The molecule has 0 unspecified atom stereocenters. The molecule has 0 aromatic carbocycles. The molecule has 1 amide bonds. The molecule has 0 bridgehead atoms. The number of nitrogens with two attached hydrogens (primary N) is 1. The van der Waals surface area contributed by atoms with Crippen LogP contribution in [0.25, 0.3) is 22.6 Å². The lowest BCUT2D eigenvalue weighted by Crippen LogP contribution is -2.12. The smallest absolute Gasteiger partial charge is 0.267 e. The minimum Gasteiger partial charge on any atom is -0.364 e. The molecule has 0 spiro atoms. The number of fused-ring (bicyclic) bond motifs is 1. The standard InChI is InChI=1S/C12H9N5O/c13-11(18)9-5-8-10(6-15-9)17-12(16-8)7-3-1-2-4-14-7/h1-6H,(H2,13,18)(H,16,17). The Morgan fingerprint density at radius 1 is 1.28 bits per heavy atom. The van der Waals surface area contributed by atoms with Crippen LogP contribution in [-0.4, -0.2) is 25.8 Å². The third-order valence-corrected chi connectivity index (χ3v) is 2.53. The first-order valence-electron chi connectivity index (χ1n) is 5.31. The summed E-state index contributed by atoms with van der Waals surface area (Å²) >= 11 is 0. The van der Waals surface area contributed by atoms with Gasteiger partial charge in [0.1, 0.15) is 11.4 Å². The Hall–Kier alpha value is -2.76. The third-order valence-electron chi connectivity index (χ3n) is 2.53. The van der Waals surface area contributed by atoms with Crippen LogP contribution >= 0.6 is 0 Å². The highest BCUT2D eigenvalue weighted by molar-refractivity contribution is 5.94. The normalized spacial score (nSPS) is 10.7. The van der Waals surface area contributed by atoms with Crippen molar-refractivity contribution in [3.8, 4) is 11.5 Å². The molecular weight excluding hydrogens is 230 g/mol. The lowest BCUT2D eigenvalue weighted by Gasteiger charge is -1.92. The Kier molecular flexibility index (Phi) is 2.26. The van der Waals surface area contributed by atoms with Gasteiger partial charge >= 0.3 is 0 Å². The number of nitrogens with zero attached hydrogens (tertiary/aromatic N) is 3. The van der Waals surface area contributed by atoms with Crippen molar-refractivity contribution in [1.29, 1.82) is 0 Å². The second-order valence-electron chi connectivity index (χ2n) is 3.75. The molecule has 0 aliphatic rings. The van der Waals surface area contributed by atoms with Gasteiger partial charge in [0.2, 0.25) is 0 Å². The zero-order chi connectivity index (χ0) is 12.5. The predicted octanol–water partition coefficient (Wildman–Crippen LogP) is 1.12. The van der Waals surface area contributed by atoms with Gasteiger partial charge in [0.25, 0.3) is 5.91 Å². The molecule has 3 rings (SSSR count). The van der Waals surface area contributed by atoms with Crippen molar-refractivity contribution in [3.63, 3.8) is 0 Å². The van der Waals surface area contributed by atoms with E-state index in [-0.39, 0.29) is 5.69 Å². The largest absolute Gasteiger partial charge is 0.364 e. The van der Waals surface area contributed by atoms with Gasteiger partial charge in [0, 0.05) is 6.20 Å². The predicted molar refractivity (Wildman–Crippen MR) is 65.6 cm³/mol. The molecule has 18 heavy (non-hydrogen) atoms. The number of H-pyrrole nitrogens is 1. The highest BCUT2D eigenvalue weighted by Gasteiger charge is 2.09. The van der Waals surface area contributed by atoms with Gasteiger partial charge in [-0.15, -0.1) is 0 Å². The topological polar surface area (TPSA) is 97.5 Å². The number of amides is 1. The first-order chi connectivity index (χ1) is 8.74. The monoisotopic (exact) mass is 239 g/mol. The summed E-state index contributed by atoms with van der Waals surface area (Å²) in [6.45, 7) is 0. The average Bonchev–Trinajstić information content (AvgIpc) is 2.82. The fourth-order valence-corrected chi connectivity index (χ4v) is 1.67. The molecule has 6 nitrogen and oxygen atoms in total. The van der Waals surface area contributed by atoms with E-state index in [1.165, 1.54) is 6.20 Å². The van der Waals surface area contributed by atoms with E-state index in [0.29, 0.717) is 11.3 Å². The van der Waals surface area contributed by atoms with E-state index in [1.807, 2.05) is 18.2 Å². The molecular formula is C12H9N5O. The van der Waals surface area contributed by atoms with Gasteiger partial charge in [-0.25, -0.2) is 9.97 Å². The van der Waals surface area contributed by atoms with Crippen LogP contribution in [0.2, 0.25) is 0 Å². The average molecular weight is 239 g/mol. The Morgan fingerprint density at radius 3 is 2.89 bits per heavy atom. The molecule has 0 fully saturated rings. The zero-order valence-electron chi connectivity index (χ0n) is 9.29. The Labute approximate surface area is 102 Å². The highest BCUT2D eigenvalue weighted by Crippen LogP contribution is 2.18. The van der Waals surface area contributed by atoms with Crippen LogP contribution in [0.3, 0.4) is 0 Å². The quantitative estimate of drug-likeness (QED) is 0.700. The molecule has 0 saturated heterocycles. The number of aromatic nitrogens is 4. The number of nitrogens with one attached hydrogen (secondary N) is 1. The summed E-state index contributed by atoms with van der Waals surface area (Å²) in [7, 11) is 0. The van der Waals surface area contributed by atoms with Crippen LogP contribution < -0.4 is 5.73 Å². The summed E-state index contributed by atoms with van der Waals surface area (Å²) in [5.41, 5.74) is 7.47. The number of carbonyl (C=O) groups excluding carboxylic acids is 1. The second kappa shape index (κ2) is 3.92. The van der Waals surface area contributed by atoms with Gasteiger partial charge in [0.15, 0.2) is 5.82 Å². The van der Waals surface area contributed by atoms with E-state index >= 15 is 0 Å². The third kappa shape index (κ3) is 1.69. The Morgan fingerprint density at radius 2 is 2.17 bits per heavy atom. The number of imidazole rings is 1. The maximum Gasteiger partial charge on any atom is 0.267 e. The van der Waals surface area contributed by atoms with Crippen molar-refractivity contribution in [3.05, 3.63) is 42.4 Å². The van der Waals surface area contributed by atoms with Gasteiger partial charge in [-0.3, -0.25) is 9.78 Å². The minimum atomic E-state index is -0.570. The van der Waals surface area contributed by atoms with E-state index in [1.54, 1.807) is 12.3 Å². The first kappa shape index (κ1) is 10.4. The van der Waals surface area contributed by atoms with Crippen molar-refractivity contribution in [2.24, 2.45) is 5.73 Å². The van der Waals surface area contributed by atoms with Crippen molar-refractivity contribution < 1.29 is 4.79 Å². The molecule has 3 N–H and O–H groups in total. The molecule has 3 heterocycles. The van der Waals surface area contributed by atoms with Gasteiger partial charge in [-0.2, -0.15) is 0 Å². The Bertz CT molecular complexity index is 720. The van der Waals surface area contributed by atoms with Crippen molar-refractivity contribution in [2.45, 2.75) is 0 Å². The minimum absolute atomic E-state index is 0.196. The van der Waals surface area contributed by atoms with E-state index < -0.39 is 5.91 Å². The van der Waals surface area contributed by atoms with E-state index in [9.17, 15) is 4.79 Å². The van der Waals surface area contributed by atoms with E-state index in [0.717, 1.165) is 11.2 Å². The molecule has 0 atom stereocenters. The zero-order valence-corrected chi connectivity index (χ0v) is 9.29. The van der Waals surface area contributed by atoms with Crippen LogP contribution in [0.5, 0.6) is 0 Å². The van der Waals surface area contributed by atoms with Gasteiger partial charge in [0.05, 0.1) is 17.2 Å². The summed E-state index contributed by atoms with van der Waals surface area (Å²) in [5, 5.41) is 0. The van der Waals surface area contributed by atoms with Crippen LogP contribution in [0, 0.1) is 0 Å². The van der Waals surface area contributed by atoms with Crippen molar-refractivity contribution in [2.75, 3.05) is 0 Å². The molecule has 3 aromatic heterocycles. The molecule has 0 radical (unpaired) electrons.